The molecule has 1 fully saturated rings. The number of hydrogen-bond acceptors (Lipinski definition) is 5. The molecule has 0 saturated carbocycles. The molecule has 10 heteroatoms. The molecule has 0 unspecified atom stereocenters. The van der Waals surface area contributed by atoms with E-state index >= 15 is 0 Å². The number of pyridine rings is 1. The summed E-state index contributed by atoms with van der Waals surface area (Å²) in [6.07, 6.45) is 1.64. The van der Waals surface area contributed by atoms with Crippen molar-refractivity contribution < 1.29 is 22.7 Å². The van der Waals surface area contributed by atoms with E-state index in [1.54, 1.807) is 11.1 Å². The fourth-order valence-electron chi connectivity index (χ4n) is 4.64. The number of nitrogens with zero attached hydrogens (tertiary/aromatic N) is 3. The van der Waals surface area contributed by atoms with E-state index < -0.39 is 6.36 Å². The number of carbonyl (C=O) groups excluding carboxylic acids is 1. The number of H-pyrrole nitrogens is 1. The minimum absolute atomic E-state index is 0.196. The molecular weight excluding hydrogens is 447 g/mol. The van der Waals surface area contributed by atoms with Gasteiger partial charge in [0, 0.05) is 31.4 Å². The molecule has 0 bridgehead atoms. The van der Waals surface area contributed by atoms with Gasteiger partial charge in [-0.3, -0.25) is 4.79 Å². The zero-order valence-electron chi connectivity index (χ0n) is 18.4. The Bertz CT molecular complexity index is 1210. The number of fused-ring (bicyclic) bond motifs is 1. The highest BCUT2D eigenvalue weighted by Gasteiger charge is 2.31. The largest absolute Gasteiger partial charge is 0.573 e. The maximum Gasteiger partial charge on any atom is 0.573 e. The monoisotopic (exact) mass is 471 g/mol. The van der Waals surface area contributed by atoms with Crippen LogP contribution in [0.4, 0.5) is 13.2 Å². The molecule has 2 aliphatic rings. The first-order chi connectivity index (χ1) is 16.4. The normalized spacial score (nSPS) is 17.6. The molecule has 2 aliphatic heterocycles. The molecular formula is C24H24F3N5O2. The number of benzene rings is 1. The minimum Gasteiger partial charge on any atom is -0.406 e. The molecule has 7 nitrogen and oxygen atoms in total. The van der Waals surface area contributed by atoms with Gasteiger partial charge in [0.15, 0.2) is 5.65 Å². The third kappa shape index (κ3) is 4.77. The summed E-state index contributed by atoms with van der Waals surface area (Å²) < 4.78 is 40.9. The number of hydrogen-bond donors (Lipinski definition) is 2. The molecule has 2 aromatic heterocycles. The van der Waals surface area contributed by atoms with Crippen LogP contribution >= 0.6 is 0 Å². The SMILES string of the molecule is O=C(c1ccc(OC(F)(F)F)cc1)N1CCC(c2ccnc3nc(C4=CCNCC4)[nH]c23)CC1. The number of nitrogens with one attached hydrogen (secondary N) is 2. The third-order valence-corrected chi connectivity index (χ3v) is 6.35. The van der Waals surface area contributed by atoms with Crippen molar-refractivity contribution in [2.45, 2.75) is 31.5 Å². The summed E-state index contributed by atoms with van der Waals surface area (Å²) in [6.45, 7) is 2.88. The second kappa shape index (κ2) is 9.09. The molecule has 1 saturated heterocycles. The van der Waals surface area contributed by atoms with Crippen molar-refractivity contribution in [3.63, 3.8) is 0 Å². The van der Waals surface area contributed by atoms with E-state index in [9.17, 15) is 18.0 Å². The molecule has 1 aromatic carbocycles. The van der Waals surface area contributed by atoms with Crippen LogP contribution in [-0.2, 0) is 0 Å². The van der Waals surface area contributed by atoms with E-state index in [2.05, 4.69) is 26.1 Å². The standard InChI is InChI=1S/C24H24F3N5O2/c25-24(26,27)34-18-3-1-17(2-4-18)23(33)32-13-8-15(9-14-32)19-7-12-29-22-20(19)30-21(31-22)16-5-10-28-11-6-16/h1-5,7,12,15,28H,6,8-11,13-14H2,(H,29,30,31). The molecule has 0 spiro atoms. The number of carbonyl (C=O) groups is 1. The number of piperidine rings is 1. The van der Waals surface area contributed by atoms with E-state index in [-0.39, 0.29) is 17.6 Å². The van der Waals surface area contributed by atoms with Gasteiger partial charge in [0.2, 0.25) is 0 Å². The van der Waals surface area contributed by atoms with E-state index in [1.165, 1.54) is 17.7 Å². The summed E-state index contributed by atoms with van der Waals surface area (Å²) in [4.78, 5) is 27.2. The lowest BCUT2D eigenvalue weighted by molar-refractivity contribution is -0.274. The van der Waals surface area contributed by atoms with Gasteiger partial charge in [-0.2, -0.15) is 0 Å². The maximum atomic E-state index is 12.9. The molecule has 1 amide bonds. The fourth-order valence-corrected chi connectivity index (χ4v) is 4.64. The van der Waals surface area contributed by atoms with Crippen LogP contribution in [0.15, 0.2) is 42.6 Å². The van der Waals surface area contributed by atoms with Gasteiger partial charge in [0.1, 0.15) is 11.6 Å². The van der Waals surface area contributed by atoms with Crippen molar-refractivity contribution in [3.05, 3.63) is 59.6 Å². The third-order valence-electron chi connectivity index (χ3n) is 6.35. The Morgan fingerprint density at radius 2 is 1.88 bits per heavy atom. The number of ether oxygens (including phenoxy) is 1. The molecule has 178 valence electrons. The Morgan fingerprint density at radius 3 is 2.56 bits per heavy atom. The van der Waals surface area contributed by atoms with Crippen molar-refractivity contribution >= 4 is 22.6 Å². The summed E-state index contributed by atoms with van der Waals surface area (Å²) in [7, 11) is 0. The molecule has 2 N–H and O–H groups in total. The lowest BCUT2D eigenvalue weighted by Crippen LogP contribution is -2.38. The van der Waals surface area contributed by atoms with Crippen molar-refractivity contribution in [2.24, 2.45) is 0 Å². The molecule has 5 rings (SSSR count). The Morgan fingerprint density at radius 1 is 1.12 bits per heavy atom. The predicted octanol–water partition coefficient (Wildman–Crippen LogP) is 4.25. The van der Waals surface area contributed by atoms with Crippen LogP contribution in [0, 0.1) is 0 Å². The quantitative estimate of drug-likeness (QED) is 0.595. The van der Waals surface area contributed by atoms with E-state index in [0.29, 0.717) is 24.3 Å². The number of rotatable bonds is 4. The Hall–Kier alpha value is -3.40. The van der Waals surface area contributed by atoms with Crippen molar-refractivity contribution in [3.8, 4) is 5.75 Å². The summed E-state index contributed by atoms with van der Waals surface area (Å²) in [5, 5.41) is 3.30. The highest BCUT2D eigenvalue weighted by atomic mass is 19.4. The lowest BCUT2D eigenvalue weighted by atomic mass is 9.89. The second-order valence-electron chi connectivity index (χ2n) is 8.51. The number of aromatic nitrogens is 3. The van der Waals surface area contributed by atoms with Crippen molar-refractivity contribution in [1.29, 1.82) is 0 Å². The van der Waals surface area contributed by atoms with Crippen LogP contribution in [0.25, 0.3) is 16.7 Å². The smallest absolute Gasteiger partial charge is 0.406 e. The van der Waals surface area contributed by atoms with Gasteiger partial charge >= 0.3 is 6.36 Å². The zero-order chi connectivity index (χ0) is 23.7. The first-order valence-corrected chi connectivity index (χ1v) is 11.3. The molecule has 34 heavy (non-hydrogen) atoms. The Balaban J connectivity index is 1.26. The number of halogens is 3. The minimum atomic E-state index is -4.76. The van der Waals surface area contributed by atoms with Crippen molar-refractivity contribution in [1.82, 2.24) is 25.2 Å². The molecule has 4 heterocycles. The second-order valence-corrected chi connectivity index (χ2v) is 8.51. The van der Waals surface area contributed by atoms with Crippen LogP contribution in [0.3, 0.4) is 0 Å². The van der Waals surface area contributed by atoms with Gasteiger partial charge in [-0.25, -0.2) is 9.97 Å². The summed E-state index contributed by atoms with van der Waals surface area (Å²) in [6, 6.07) is 7.07. The molecule has 0 atom stereocenters. The molecule has 3 aromatic rings. The van der Waals surface area contributed by atoms with Gasteiger partial charge in [-0.1, -0.05) is 6.08 Å². The van der Waals surface area contributed by atoms with Crippen LogP contribution in [0.1, 0.15) is 46.9 Å². The van der Waals surface area contributed by atoms with Gasteiger partial charge in [-0.15, -0.1) is 13.2 Å². The number of alkyl halides is 3. The molecule has 0 radical (unpaired) electrons. The van der Waals surface area contributed by atoms with Crippen LogP contribution in [-0.4, -0.2) is 58.3 Å². The van der Waals surface area contributed by atoms with Gasteiger partial charge < -0.3 is 19.9 Å². The number of imidazole rings is 1. The average molecular weight is 471 g/mol. The van der Waals surface area contributed by atoms with Crippen LogP contribution in [0.2, 0.25) is 0 Å². The zero-order valence-corrected chi connectivity index (χ0v) is 18.4. The predicted molar refractivity (Wildman–Crippen MR) is 120 cm³/mol. The first-order valence-electron chi connectivity index (χ1n) is 11.3. The summed E-state index contributed by atoms with van der Waals surface area (Å²) >= 11 is 0. The average Bonchev–Trinajstić information content (AvgIpc) is 3.28. The van der Waals surface area contributed by atoms with E-state index in [0.717, 1.165) is 61.4 Å². The van der Waals surface area contributed by atoms with E-state index in [1.807, 2.05) is 6.07 Å². The highest BCUT2D eigenvalue weighted by molar-refractivity contribution is 5.94. The maximum absolute atomic E-state index is 12.9. The lowest BCUT2D eigenvalue weighted by Gasteiger charge is -2.32. The fraction of sp³-hybridized carbons (Fsp3) is 0.375. The van der Waals surface area contributed by atoms with E-state index in [4.69, 9.17) is 4.98 Å². The number of aromatic amines is 1. The van der Waals surface area contributed by atoms with Gasteiger partial charge in [0.05, 0.1) is 5.52 Å². The van der Waals surface area contributed by atoms with Crippen molar-refractivity contribution in [2.75, 3.05) is 26.2 Å². The Labute approximate surface area is 194 Å². The topological polar surface area (TPSA) is 83.1 Å². The van der Waals surface area contributed by atoms with Crippen LogP contribution in [0.5, 0.6) is 5.75 Å². The highest BCUT2D eigenvalue weighted by Crippen LogP contribution is 2.33. The van der Waals surface area contributed by atoms with Gasteiger partial charge in [0.25, 0.3) is 5.91 Å². The number of likely N-dealkylation sites (tertiary alicyclic amines) is 1. The van der Waals surface area contributed by atoms with Crippen LogP contribution < -0.4 is 10.1 Å². The Kier molecular flexibility index (Phi) is 5.99. The number of amides is 1. The van der Waals surface area contributed by atoms with Gasteiger partial charge in [-0.05, 0) is 73.2 Å². The summed E-state index contributed by atoms with van der Waals surface area (Å²) in [5.41, 5.74) is 4.33. The summed E-state index contributed by atoms with van der Waals surface area (Å²) in [5.74, 6) is 0.580. The molecule has 0 aliphatic carbocycles. The first kappa shape index (κ1) is 22.4.